The predicted molar refractivity (Wildman–Crippen MR) is 122 cm³/mol. The molecule has 1 N–H and O–H groups in total. The number of carboxylic acids is 1. The molecule has 0 aliphatic rings. The summed E-state index contributed by atoms with van der Waals surface area (Å²) in [6, 6.07) is 21.6. The Hall–Kier alpha value is -3.51. The normalized spacial score (nSPS) is 10.4. The van der Waals surface area contributed by atoms with Crippen molar-refractivity contribution < 1.29 is 24.2 Å². The molecular weight excluding hydrogens is 430 g/mol. The molecule has 7 heteroatoms. The van der Waals surface area contributed by atoms with Gasteiger partial charge in [-0.2, -0.15) is 0 Å². The molecule has 0 atom stereocenters. The molecule has 0 heterocycles. The number of hydrogen-bond acceptors (Lipinski definition) is 4. The van der Waals surface area contributed by atoms with E-state index in [0.29, 0.717) is 19.7 Å². The van der Waals surface area contributed by atoms with Crippen molar-refractivity contribution in [3.63, 3.8) is 0 Å². The van der Waals surface area contributed by atoms with Gasteiger partial charge in [0.25, 0.3) is 5.91 Å². The first kappa shape index (κ1) is 23.2. The van der Waals surface area contributed by atoms with E-state index in [1.807, 2.05) is 61.5 Å². The minimum absolute atomic E-state index is 0.0178. The van der Waals surface area contributed by atoms with E-state index < -0.39 is 5.97 Å². The Labute approximate surface area is 192 Å². The average Bonchev–Trinajstić information content (AvgIpc) is 2.79. The summed E-state index contributed by atoms with van der Waals surface area (Å²) in [5.41, 5.74) is 1.81. The summed E-state index contributed by atoms with van der Waals surface area (Å²) in [7, 11) is 0. The van der Waals surface area contributed by atoms with Crippen molar-refractivity contribution in [1.82, 2.24) is 4.90 Å². The Morgan fingerprint density at radius 3 is 2.16 bits per heavy atom. The zero-order valence-corrected chi connectivity index (χ0v) is 18.4. The maximum absolute atomic E-state index is 13.1. The molecule has 0 spiro atoms. The van der Waals surface area contributed by atoms with Gasteiger partial charge < -0.3 is 19.5 Å². The number of halogens is 1. The van der Waals surface area contributed by atoms with Crippen molar-refractivity contribution in [1.29, 1.82) is 0 Å². The van der Waals surface area contributed by atoms with Crippen LogP contribution in [0, 0.1) is 0 Å². The van der Waals surface area contributed by atoms with Crippen molar-refractivity contribution in [2.24, 2.45) is 0 Å². The van der Waals surface area contributed by atoms with Gasteiger partial charge in [-0.05, 0) is 42.3 Å². The van der Waals surface area contributed by atoms with Crippen LogP contribution < -0.4 is 9.47 Å². The molecule has 3 aromatic rings. The summed E-state index contributed by atoms with van der Waals surface area (Å²) in [6.45, 7) is 2.90. The smallest absolute Gasteiger partial charge is 0.339 e. The molecule has 3 aromatic carbocycles. The van der Waals surface area contributed by atoms with Gasteiger partial charge in [0.05, 0.1) is 11.6 Å². The SMILES string of the molecule is CCOc1ccc(CN(Cc2ccccc2)C(=O)COc2c(Cl)cccc2C(=O)O)cc1. The second-order valence-electron chi connectivity index (χ2n) is 7.02. The molecule has 1 amide bonds. The Morgan fingerprint density at radius 2 is 1.53 bits per heavy atom. The van der Waals surface area contributed by atoms with Crippen molar-refractivity contribution in [2.45, 2.75) is 20.0 Å². The molecule has 0 saturated carbocycles. The molecular formula is C25H24ClNO5. The summed E-state index contributed by atoms with van der Waals surface area (Å²) in [5, 5.41) is 9.51. The van der Waals surface area contributed by atoms with Crippen LogP contribution in [0.2, 0.25) is 5.02 Å². The van der Waals surface area contributed by atoms with Gasteiger partial charge in [0.1, 0.15) is 11.3 Å². The van der Waals surface area contributed by atoms with Crippen LogP contribution in [0.15, 0.2) is 72.8 Å². The molecule has 32 heavy (non-hydrogen) atoms. The van der Waals surface area contributed by atoms with Gasteiger partial charge in [-0.15, -0.1) is 0 Å². The number of para-hydroxylation sites is 1. The fourth-order valence-corrected chi connectivity index (χ4v) is 3.39. The highest BCUT2D eigenvalue weighted by molar-refractivity contribution is 6.32. The zero-order chi connectivity index (χ0) is 22.9. The number of rotatable bonds is 10. The highest BCUT2D eigenvalue weighted by Gasteiger charge is 2.19. The van der Waals surface area contributed by atoms with Crippen LogP contribution in [0.4, 0.5) is 0 Å². The molecule has 0 saturated heterocycles. The molecule has 0 radical (unpaired) electrons. The highest BCUT2D eigenvalue weighted by atomic mass is 35.5. The van der Waals surface area contributed by atoms with Gasteiger partial charge in [-0.3, -0.25) is 4.79 Å². The van der Waals surface area contributed by atoms with Crippen LogP contribution >= 0.6 is 11.6 Å². The number of nitrogens with zero attached hydrogens (tertiary/aromatic N) is 1. The standard InChI is InChI=1S/C25H24ClNO5/c1-2-31-20-13-11-19(12-14-20)16-27(15-18-7-4-3-5-8-18)23(28)17-32-24-21(25(29)30)9-6-10-22(24)26/h3-14H,2,15-17H2,1H3,(H,29,30). The number of amides is 1. The third kappa shape index (κ3) is 6.25. The molecule has 0 aliphatic carbocycles. The number of carbonyl (C=O) groups is 2. The van der Waals surface area contributed by atoms with E-state index in [1.165, 1.54) is 18.2 Å². The van der Waals surface area contributed by atoms with Crippen LogP contribution in [0.5, 0.6) is 11.5 Å². The van der Waals surface area contributed by atoms with Crippen LogP contribution in [0.3, 0.4) is 0 Å². The number of hydrogen-bond donors (Lipinski definition) is 1. The van der Waals surface area contributed by atoms with Crippen LogP contribution in [0.25, 0.3) is 0 Å². The molecule has 3 rings (SSSR count). The van der Waals surface area contributed by atoms with Gasteiger partial charge in [-0.1, -0.05) is 60.1 Å². The van der Waals surface area contributed by atoms with E-state index in [1.54, 1.807) is 4.90 Å². The second-order valence-corrected chi connectivity index (χ2v) is 7.43. The molecule has 166 valence electrons. The number of aromatic carboxylic acids is 1. The third-order valence-electron chi connectivity index (χ3n) is 4.71. The van der Waals surface area contributed by atoms with E-state index in [9.17, 15) is 14.7 Å². The summed E-state index contributed by atoms with van der Waals surface area (Å²) < 4.78 is 11.1. The zero-order valence-electron chi connectivity index (χ0n) is 17.7. The molecule has 6 nitrogen and oxygen atoms in total. The monoisotopic (exact) mass is 453 g/mol. The molecule has 0 bridgehead atoms. The van der Waals surface area contributed by atoms with E-state index >= 15 is 0 Å². The second kappa shape index (κ2) is 11.2. The van der Waals surface area contributed by atoms with Crippen LogP contribution in [0.1, 0.15) is 28.4 Å². The number of carboxylic acid groups (broad SMARTS) is 1. The summed E-state index contributed by atoms with van der Waals surface area (Å²) >= 11 is 6.11. The molecule has 0 aromatic heterocycles. The van der Waals surface area contributed by atoms with Gasteiger partial charge >= 0.3 is 5.97 Å². The van der Waals surface area contributed by atoms with Crippen LogP contribution in [-0.2, 0) is 17.9 Å². The average molecular weight is 454 g/mol. The molecule has 0 aliphatic heterocycles. The first-order valence-electron chi connectivity index (χ1n) is 10.2. The van der Waals surface area contributed by atoms with Crippen molar-refractivity contribution in [3.05, 3.63) is 94.5 Å². The predicted octanol–water partition coefficient (Wildman–Crippen LogP) is 5.04. The first-order valence-corrected chi connectivity index (χ1v) is 10.5. The quantitative estimate of drug-likeness (QED) is 0.465. The van der Waals surface area contributed by atoms with Gasteiger partial charge in [0.15, 0.2) is 12.4 Å². The van der Waals surface area contributed by atoms with E-state index in [2.05, 4.69) is 0 Å². The van der Waals surface area contributed by atoms with Crippen molar-refractivity contribution in [3.8, 4) is 11.5 Å². The largest absolute Gasteiger partial charge is 0.494 e. The number of benzene rings is 3. The Balaban J connectivity index is 1.77. The lowest BCUT2D eigenvalue weighted by Gasteiger charge is -2.24. The van der Waals surface area contributed by atoms with E-state index in [0.717, 1.165) is 16.9 Å². The Morgan fingerprint density at radius 1 is 0.875 bits per heavy atom. The number of carbonyl (C=O) groups excluding carboxylic acids is 1. The molecule has 0 fully saturated rings. The Kier molecular flexibility index (Phi) is 8.11. The van der Waals surface area contributed by atoms with Crippen LogP contribution in [-0.4, -0.2) is 35.1 Å². The fourth-order valence-electron chi connectivity index (χ4n) is 3.16. The minimum Gasteiger partial charge on any atom is -0.494 e. The lowest BCUT2D eigenvalue weighted by Crippen LogP contribution is -2.34. The number of ether oxygens (including phenoxy) is 2. The van der Waals surface area contributed by atoms with Gasteiger partial charge in [0, 0.05) is 13.1 Å². The fraction of sp³-hybridized carbons (Fsp3) is 0.200. The lowest BCUT2D eigenvalue weighted by molar-refractivity contribution is -0.134. The van der Waals surface area contributed by atoms with Crippen molar-refractivity contribution in [2.75, 3.05) is 13.2 Å². The van der Waals surface area contributed by atoms with E-state index in [-0.39, 0.29) is 28.8 Å². The van der Waals surface area contributed by atoms with Gasteiger partial charge in [-0.25, -0.2) is 4.79 Å². The third-order valence-corrected chi connectivity index (χ3v) is 5.01. The van der Waals surface area contributed by atoms with Gasteiger partial charge in [0.2, 0.25) is 0 Å². The highest BCUT2D eigenvalue weighted by Crippen LogP contribution is 2.29. The maximum Gasteiger partial charge on any atom is 0.339 e. The first-order chi connectivity index (χ1) is 15.5. The minimum atomic E-state index is -1.18. The topological polar surface area (TPSA) is 76.1 Å². The van der Waals surface area contributed by atoms with E-state index in [4.69, 9.17) is 21.1 Å². The summed E-state index contributed by atoms with van der Waals surface area (Å²) in [5.74, 6) is -0.722. The maximum atomic E-state index is 13.1. The summed E-state index contributed by atoms with van der Waals surface area (Å²) in [4.78, 5) is 26.2. The Bertz CT molecular complexity index is 1050. The lowest BCUT2D eigenvalue weighted by atomic mass is 10.1. The summed E-state index contributed by atoms with van der Waals surface area (Å²) in [6.07, 6.45) is 0. The van der Waals surface area contributed by atoms with Crippen molar-refractivity contribution >= 4 is 23.5 Å². The molecule has 0 unspecified atom stereocenters.